The van der Waals surface area contributed by atoms with Crippen LogP contribution in [0.2, 0.25) is 0 Å². The number of ether oxygens (including phenoxy) is 1. The van der Waals surface area contributed by atoms with E-state index in [1.807, 2.05) is 11.8 Å². The van der Waals surface area contributed by atoms with E-state index >= 15 is 0 Å². The Morgan fingerprint density at radius 3 is 2.56 bits per heavy atom. The third kappa shape index (κ3) is 3.82. The number of piperazine rings is 1. The molecule has 1 N–H and O–H groups in total. The first kappa shape index (κ1) is 17.8. The molecule has 2 fully saturated rings. The molecule has 0 aromatic heterocycles. The molecule has 25 heavy (non-hydrogen) atoms. The Bertz CT molecular complexity index is 659. The number of carbonyl (C=O) groups is 2. The molecule has 1 aromatic rings. The van der Waals surface area contributed by atoms with E-state index in [0.717, 1.165) is 0 Å². The molecule has 0 radical (unpaired) electrons. The quantitative estimate of drug-likeness (QED) is 0.827. The van der Waals surface area contributed by atoms with Crippen molar-refractivity contribution >= 4 is 17.4 Å². The molecular weight excluding hydrogens is 325 g/mol. The van der Waals surface area contributed by atoms with Gasteiger partial charge in [0.1, 0.15) is 11.9 Å². The van der Waals surface area contributed by atoms with Gasteiger partial charge < -0.3 is 19.9 Å². The summed E-state index contributed by atoms with van der Waals surface area (Å²) in [6.07, 6.45) is -0.143. The lowest BCUT2D eigenvalue weighted by molar-refractivity contribution is -0.139. The van der Waals surface area contributed by atoms with Crippen LogP contribution in [0.25, 0.3) is 0 Å². The highest BCUT2D eigenvalue weighted by atomic mass is 19.1. The summed E-state index contributed by atoms with van der Waals surface area (Å²) < 4.78 is 19.8. The minimum absolute atomic E-state index is 0.0410. The van der Waals surface area contributed by atoms with Crippen molar-refractivity contribution < 1.29 is 18.7 Å². The summed E-state index contributed by atoms with van der Waals surface area (Å²) in [7, 11) is 0. The summed E-state index contributed by atoms with van der Waals surface area (Å²) in [6.45, 7) is 6.81. The van der Waals surface area contributed by atoms with Gasteiger partial charge in [0, 0.05) is 38.3 Å². The first-order valence-electron chi connectivity index (χ1n) is 8.66. The summed E-state index contributed by atoms with van der Waals surface area (Å²) in [5, 5.41) is 3.21. The van der Waals surface area contributed by atoms with Crippen molar-refractivity contribution in [1.82, 2.24) is 10.2 Å². The Morgan fingerprint density at radius 1 is 1.24 bits per heavy atom. The molecule has 2 aliphatic heterocycles. The van der Waals surface area contributed by atoms with Crippen molar-refractivity contribution in [3.8, 4) is 0 Å². The maximum Gasteiger partial charge on any atom is 0.242 e. The molecule has 0 spiro atoms. The number of nitrogens with one attached hydrogen (secondary N) is 1. The van der Waals surface area contributed by atoms with E-state index in [0.29, 0.717) is 50.6 Å². The van der Waals surface area contributed by atoms with Crippen molar-refractivity contribution in [2.75, 3.05) is 44.2 Å². The van der Waals surface area contributed by atoms with Crippen LogP contribution in [0.3, 0.4) is 0 Å². The molecule has 2 heterocycles. The number of carbonyl (C=O) groups excluding carboxylic acids is 2. The largest absolute Gasteiger partial charge is 0.375 e. The molecule has 7 heteroatoms. The predicted octanol–water partition coefficient (Wildman–Crippen LogP) is 1.05. The second kappa shape index (κ2) is 7.49. The van der Waals surface area contributed by atoms with Crippen LogP contribution < -0.4 is 10.2 Å². The van der Waals surface area contributed by atoms with Crippen LogP contribution in [0.5, 0.6) is 0 Å². The van der Waals surface area contributed by atoms with E-state index in [1.165, 1.54) is 13.0 Å². The second-order valence-electron chi connectivity index (χ2n) is 6.54. The number of hydrogen-bond acceptors (Lipinski definition) is 5. The fraction of sp³-hybridized carbons (Fsp3) is 0.556. The van der Waals surface area contributed by atoms with E-state index < -0.39 is 5.82 Å². The molecule has 136 valence electrons. The van der Waals surface area contributed by atoms with Crippen LogP contribution in [0, 0.1) is 5.82 Å². The van der Waals surface area contributed by atoms with E-state index in [-0.39, 0.29) is 23.8 Å². The predicted molar refractivity (Wildman–Crippen MR) is 92.4 cm³/mol. The molecular formula is C18H24FN3O3. The van der Waals surface area contributed by atoms with E-state index in [4.69, 9.17) is 4.74 Å². The van der Waals surface area contributed by atoms with Crippen LogP contribution in [0.1, 0.15) is 24.2 Å². The Balaban J connectivity index is 1.62. The average molecular weight is 349 g/mol. The van der Waals surface area contributed by atoms with Gasteiger partial charge in [-0.3, -0.25) is 9.59 Å². The molecule has 0 saturated carbocycles. The van der Waals surface area contributed by atoms with Gasteiger partial charge in [-0.1, -0.05) is 0 Å². The third-order valence-corrected chi connectivity index (χ3v) is 4.87. The van der Waals surface area contributed by atoms with Crippen molar-refractivity contribution in [2.24, 2.45) is 0 Å². The van der Waals surface area contributed by atoms with Gasteiger partial charge in [0.15, 0.2) is 5.78 Å². The lowest BCUT2D eigenvalue weighted by Crippen LogP contribution is -2.59. The molecule has 0 unspecified atom stereocenters. The topological polar surface area (TPSA) is 61.9 Å². The van der Waals surface area contributed by atoms with Gasteiger partial charge in [-0.2, -0.15) is 0 Å². The van der Waals surface area contributed by atoms with Crippen LogP contribution in [-0.2, 0) is 9.53 Å². The summed E-state index contributed by atoms with van der Waals surface area (Å²) in [5.41, 5.74) is 0.844. The monoisotopic (exact) mass is 349 g/mol. The smallest absolute Gasteiger partial charge is 0.242 e. The Labute approximate surface area is 146 Å². The van der Waals surface area contributed by atoms with Gasteiger partial charge in [-0.25, -0.2) is 4.39 Å². The number of halogens is 1. The second-order valence-corrected chi connectivity index (χ2v) is 6.54. The van der Waals surface area contributed by atoms with Gasteiger partial charge >= 0.3 is 0 Å². The highest BCUT2D eigenvalue weighted by molar-refractivity contribution is 5.94. The van der Waals surface area contributed by atoms with Gasteiger partial charge in [0.25, 0.3) is 0 Å². The number of rotatable bonds is 3. The zero-order valence-electron chi connectivity index (χ0n) is 14.6. The Morgan fingerprint density at radius 2 is 1.96 bits per heavy atom. The molecule has 0 aliphatic carbocycles. The number of anilines is 1. The van der Waals surface area contributed by atoms with Crippen molar-refractivity contribution in [1.29, 1.82) is 0 Å². The van der Waals surface area contributed by atoms with E-state index in [2.05, 4.69) is 5.32 Å². The third-order valence-electron chi connectivity index (χ3n) is 4.87. The van der Waals surface area contributed by atoms with Crippen LogP contribution in [0.4, 0.5) is 10.1 Å². The Hall–Kier alpha value is -1.99. The highest BCUT2D eigenvalue weighted by Crippen LogP contribution is 2.22. The normalized spacial score (nSPS) is 24.3. The maximum atomic E-state index is 14.3. The first-order chi connectivity index (χ1) is 12.0. The number of amides is 1. The molecule has 1 aromatic carbocycles. The summed E-state index contributed by atoms with van der Waals surface area (Å²) >= 11 is 0. The minimum atomic E-state index is -0.400. The lowest BCUT2D eigenvalue weighted by Gasteiger charge is -2.39. The van der Waals surface area contributed by atoms with Crippen molar-refractivity contribution in [2.45, 2.75) is 26.0 Å². The molecule has 1 amide bonds. The molecule has 2 atom stereocenters. The number of Topliss-reactive ketones (excluding diaryl/α,β-unsaturated/α-hetero) is 1. The SMILES string of the molecule is CC(=O)c1ccc(N2CCN(C(=O)[C@H]3NCCO[C@@H]3C)CC2)c(F)c1. The van der Waals surface area contributed by atoms with Crippen molar-refractivity contribution in [3.05, 3.63) is 29.6 Å². The van der Waals surface area contributed by atoms with E-state index in [1.54, 1.807) is 17.0 Å². The Kier molecular flexibility index (Phi) is 5.34. The molecule has 6 nitrogen and oxygen atoms in total. The van der Waals surface area contributed by atoms with Gasteiger partial charge in [-0.05, 0) is 32.0 Å². The fourth-order valence-corrected chi connectivity index (χ4v) is 3.36. The molecule has 2 saturated heterocycles. The summed E-state index contributed by atoms with van der Waals surface area (Å²) in [5.74, 6) is -0.514. The molecule has 2 aliphatic rings. The zero-order chi connectivity index (χ0) is 18.0. The summed E-state index contributed by atoms with van der Waals surface area (Å²) in [6, 6.07) is 4.25. The molecule has 3 rings (SSSR count). The van der Waals surface area contributed by atoms with Gasteiger partial charge in [0.2, 0.25) is 5.91 Å². The number of hydrogen-bond donors (Lipinski definition) is 1. The minimum Gasteiger partial charge on any atom is -0.375 e. The maximum absolute atomic E-state index is 14.3. The highest BCUT2D eigenvalue weighted by Gasteiger charge is 2.33. The summed E-state index contributed by atoms with van der Waals surface area (Å²) in [4.78, 5) is 27.7. The van der Waals surface area contributed by atoms with Crippen LogP contribution in [0.15, 0.2) is 18.2 Å². The van der Waals surface area contributed by atoms with Crippen LogP contribution in [-0.4, -0.2) is 68.1 Å². The first-order valence-corrected chi connectivity index (χ1v) is 8.66. The van der Waals surface area contributed by atoms with E-state index in [9.17, 15) is 14.0 Å². The fourth-order valence-electron chi connectivity index (χ4n) is 3.36. The number of morpholine rings is 1. The number of benzene rings is 1. The van der Waals surface area contributed by atoms with Gasteiger partial charge in [0.05, 0.1) is 18.4 Å². The lowest BCUT2D eigenvalue weighted by atomic mass is 10.1. The van der Waals surface area contributed by atoms with Crippen LogP contribution >= 0.6 is 0 Å². The number of ketones is 1. The standard InChI is InChI=1S/C18H24FN3O3/c1-12(23)14-3-4-16(15(19)11-14)21-6-8-22(9-7-21)18(24)17-13(2)25-10-5-20-17/h3-4,11,13,17,20H,5-10H2,1-2H3/t13-,17+/m1/s1. The average Bonchev–Trinajstić information content (AvgIpc) is 2.61. The molecule has 0 bridgehead atoms. The zero-order valence-corrected chi connectivity index (χ0v) is 14.6. The van der Waals surface area contributed by atoms with Gasteiger partial charge in [-0.15, -0.1) is 0 Å². The number of nitrogens with zero attached hydrogens (tertiary/aromatic N) is 2. The van der Waals surface area contributed by atoms with Crippen molar-refractivity contribution in [3.63, 3.8) is 0 Å².